The minimum atomic E-state index is -0.197. The average Bonchev–Trinajstić information content (AvgIpc) is 2.42. The van der Waals surface area contributed by atoms with Gasteiger partial charge in [0.25, 0.3) is 5.91 Å². The van der Waals surface area contributed by atoms with E-state index in [1.165, 1.54) is 0 Å². The second-order valence-corrected chi connectivity index (χ2v) is 4.14. The van der Waals surface area contributed by atoms with Gasteiger partial charge in [-0.05, 0) is 31.0 Å². The molecule has 0 unspecified atom stereocenters. The molecule has 0 saturated heterocycles. The van der Waals surface area contributed by atoms with Gasteiger partial charge >= 0.3 is 0 Å². The number of aliphatic hydroxyl groups excluding tert-OH is 1. The number of aliphatic hydroxyl groups is 1. The van der Waals surface area contributed by atoms with Crippen molar-refractivity contribution in [2.24, 2.45) is 0 Å². The Balaban J connectivity index is 2.67. The minimum absolute atomic E-state index is 0.0474. The summed E-state index contributed by atoms with van der Waals surface area (Å²) in [5.74, 6) is 0.513. The average molecular weight is 251 g/mol. The van der Waals surface area contributed by atoms with E-state index >= 15 is 0 Å². The summed E-state index contributed by atoms with van der Waals surface area (Å²) in [5, 5.41) is 11.8. The van der Waals surface area contributed by atoms with Gasteiger partial charge in [0.2, 0.25) is 0 Å². The first kappa shape index (κ1) is 14.5. The fraction of sp³-hybridized carbons (Fsp3) is 0.500. The molecular formula is C14H21NO3. The molecule has 1 aromatic rings. The Morgan fingerprint density at radius 3 is 2.83 bits per heavy atom. The van der Waals surface area contributed by atoms with Crippen LogP contribution in [0.1, 0.15) is 37.0 Å². The molecule has 18 heavy (non-hydrogen) atoms. The Bertz CT molecular complexity index is 375. The third-order valence-electron chi connectivity index (χ3n) is 2.62. The second-order valence-electron chi connectivity index (χ2n) is 4.14. The van der Waals surface area contributed by atoms with E-state index < -0.39 is 0 Å². The van der Waals surface area contributed by atoms with E-state index in [0.29, 0.717) is 24.3 Å². The molecule has 0 aliphatic rings. The number of rotatable bonds is 7. The number of nitrogens with one attached hydrogen (secondary N) is 1. The zero-order valence-electron chi connectivity index (χ0n) is 11.0. The molecule has 100 valence electrons. The molecule has 0 radical (unpaired) electrons. The van der Waals surface area contributed by atoms with E-state index in [2.05, 4.69) is 5.32 Å². The van der Waals surface area contributed by atoms with Crippen LogP contribution in [0, 0.1) is 0 Å². The van der Waals surface area contributed by atoms with Crippen molar-refractivity contribution in [1.29, 1.82) is 0 Å². The van der Waals surface area contributed by atoms with Crippen LogP contribution in [-0.4, -0.2) is 30.3 Å². The Morgan fingerprint density at radius 1 is 1.44 bits per heavy atom. The van der Waals surface area contributed by atoms with Crippen LogP contribution in [0.4, 0.5) is 0 Å². The number of hydrogen-bond acceptors (Lipinski definition) is 3. The summed E-state index contributed by atoms with van der Waals surface area (Å²) >= 11 is 0. The zero-order chi connectivity index (χ0) is 13.4. The van der Waals surface area contributed by atoms with E-state index in [-0.39, 0.29) is 18.6 Å². The maximum absolute atomic E-state index is 11.9. The van der Waals surface area contributed by atoms with Crippen molar-refractivity contribution in [3.8, 4) is 5.75 Å². The van der Waals surface area contributed by atoms with E-state index in [1.54, 1.807) is 18.2 Å². The highest BCUT2D eigenvalue weighted by Crippen LogP contribution is 2.13. The van der Waals surface area contributed by atoms with Crippen LogP contribution in [0.2, 0.25) is 0 Å². The van der Waals surface area contributed by atoms with Gasteiger partial charge in [0.05, 0.1) is 19.3 Å². The number of carbonyl (C=O) groups excluding carboxylic acids is 1. The van der Waals surface area contributed by atoms with Crippen LogP contribution < -0.4 is 10.1 Å². The van der Waals surface area contributed by atoms with Crippen LogP contribution in [0.5, 0.6) is 5.75 Å². The lowest BCUT2D eigenvalue weighted by Gasteiger charge is -2.14. The predicted molar refractivity (Wildman–Crippen MR) is 70.9 cm³/mol. The summed E-state index contributed by atoms with van der Waals surface area (Å²) in [6.45, 7) is 4.54. The molecule has 0 saturated carbocycles. The van der Waals surface area contributed by atoms with Crippen molar-refractivity contribution in [2.45, 2.75) is 32.7 Å². The fourth-order valence-corrected chi connectivity index (χ4v) is 1.49. The van der Waals surface area contributed by atoms with Gasteiger partial charge in [0.15, 0.2) is 0 Å². The standard InChI is InChI=1S/C14H21NO3/c1-3-8-18-13-7-5-6-11(9-13)14(17)15-12(4-2)10-16/h5-7,9,12,16H,3-4,8,10H2,1-2H3,(H,15,17)/t12-/m0/s1. The molecule has 0 spiro atoms. The summed E-state index contributed by atoms with van der Waals surface area (Å²) in [7, 11) is 0. The third kappa shape index (κ3) is 4.37. The molecule has 0 bridgehead atoms. The molecular weight excluding hydrogens is 230 g/mol. The molecule has 1 rings (SSSR count). The van der Waals surface area contributed by atoms with E-state index in [9.17, 15) is 4.79 Å². The molecule has 0 heterocycles. The quantitative estimate of drug-likeness (QED) is 0.779. The van der Waals surface area contributed by atoms with E-state index in [1.807, 2.05) is 19.9 Å². The Labute approximate surface area is 108 Å². The summed E-state index contributed by atoms with van der Waals surface area (Å²) in [6.07, 6.45) is 1.63. The first-order valence-corrected chi connectivity index (χ1v) is 6.35. The first-order valence-electron chi connectivity index (χ1n) is 6.35. The maximum Gasteiger partial charge on any atom is 0.251 e. The monoisotopic (exact) mass is 251 g/mol. The van der Waals surface area contributed by atoms with Crippen molar-refractivity contribution in [1.82, 2.24) is 5.32 Å². The molecule has 0 aliphatic heterocycles. The molecule has 2 N–H and O–H groups in total. The van der Waals surface area contributed by atoms with E-state index in [4.69, 9.17) is 9.84 Å². The summed E-state index contributed by atoms with van der Waals surface area (Å²) in [5.41, 5.74) is 0.551. The van der Waals surface area contributed by atoms with Crippen LogP contribution >= 0.6 is 0 Å². The highest BCUT2D eigenvalue weighted by atomic mass is 16.5. The molecule has 4 heteroatoms. The van der Waals surface area contributed by atoms with Gasteiger partial charge in [0, 0.05) is 5.56 Å². The van der Waals surface area contributed by atoms with Gasteiger partial charge in [-0.25, -0.2) is 0 Å². The molecule has 0 aromatic heterocycles. The number of benzene rings is 1. The zero-order valence-corrected chi connectivity index (χ0v) is 11.0. The van der Waals surface area contributed by atoms with Crippen LogP contribution in [0.15, 0.2) is 24.3 Å². The second kappa shape index (κ2) is 7.71. The van der Waals surface area contributed by atoms with E-state index in [0.717, 1.165) is 6.42 Å². The number of ether oxygens (including phenoxy) is 1. The van der Waals surface area contributed by atoms with Crippen molar-refractivity contribution in [3.63, 3.8) is 0 Å². The fourth-order valence-electron chi connectivity index (χ4n) is 1.49. The number of hydrogen-bond donors (Lipinski definition) is 2. The summed E-state index contributed by atoms with van der Waals surface area (Å²) in [6, 6.07) is 6.88. The van der Waals surface area contributed by atoms with Gasteiger partial charge in [0.1, 0.15) is 5.75 Å². The Kier molecular flexibility index (Phi) is 6.22. The molecule has 0 aliphatic carbocycles. The lowest BCUT2D eigenvalue weighted by atomic mass is 10.1. The maximum atomic E-state index is 11.9. The van der Waals surface area contributed by atoms with Gasteiger partial charge in [-0.15, -0.1) is 0 Å². The topological polar surface area (TPSA) is 58.6 Å². The van der Waals surface area contributed by atoms with Crippen LogP contribution in [0.25, 0.3) is 0 Å². The summed E-state index contributed by atoms with van der Waals surface area (Å²) < 4.78 is 5.47. The number of carbonyl (C=O) groups is 1. The molecule has 0 fully saturated rings. The van der Waals surface area contributed by atoms with Crippen LogP contribution in [-0.2, 0) is 0 Å². The largest absolute Gasteiger partial charge is 0.494 e. The van der Waals surface area contributed by atoms with Crippen LogP contribution in [0.3, 0.4) is 0 Å². The highest BCUT2D eigenvalue weighted by molar-refractivity contribution is 5.94. The van der Waals surface area contributed by atoms with Gasteiger partial charge in [-0.3, -0.25) is 4.79 Å². The highest BCUT2D eigenvalue weighted by Gasteiger charge is 2.11. The van der Waals surface area contributed by atoms with Gasteiger partial charge < -0.3 is 15.2 Å². The number of amides is 1. The van der Waals surface area contributed by atoms with Gasteiger partial charge in [-0.1, -0.05) is 19.9 Å². The lowest BCUT2D eigenvalue weighted by molar-refractivity contribution is 0.0914. The van der Waals surface area contributed by atoms with Crippen molar-refractivity contribution < 1.29 is 14.6 Å². The molecule has 1 aromatic carbocycles. The normalized spacial score (nSPS) is 11.9. The predicted octanol–water partition coefficient (Wildman–Crippen LogP) is 1.98. The van der Waals surface area contributed by atoms with Crippen molar-refractivity contribution >= 4 is 5.91 Å². The van der Waals surface area contributed by atoms with Gasteiger partial charge in [-0.2, -0.15) is 0 Å². The lowest BCUT2D eigenvalue weighted by Crippen LogP contribution is -2.36. The van der Waals surface area contributed by atoms with Crippen molar-refractivity contribution in [2.75, 3.05) is 13.2 Å². The van der Waals surface area contributed by atoms with Crippen molar-refractivity contribution in [3.05, 3.63) is 29.8 Å². The Hall–Kier alpha value is -1.55. The summed E-state index contributed by atoms with van der Waals surface area (Å²) in [4.78, 5) is 11.9. The third-order valence-corrected chi connectivity index (χ3v) is 2.62. The molecule has 4 nitrogen and oxygen atoms in total. The Morgan fingerprint density at radius 2 is 2.22 bits per heavy atom. The minimum Gasteiger partial charge on any atom is -0.494 e. The SMILES string of the molecule is CCCOc1cccc(C(=O)N[C@@H](CC)CO)c1. The molecule has 1 amide bonds. The first-order chi connectivity index (χ1) is 8.71. The smallest absolute Gasteiger partial charge is 0.251 e. The molecule has 1 atom stereocenters.